The van der Waals surface area contributed by atoms with Crippen LogP contribution in [0.4, 0.5) is 0 Å². The van der Waals surface area contributed by atoms with Crippen molar-refractivity contribution < 1.29 is 9.53 Å². The molecule has 2 aromatic carbocycles. The van der Waals surface area contributed by atoms with Crippen molar-refractivity contribution in [2.75, 3.05) is 26.3 Å². The summed E-state index contributed by atoms with van der Waals surface area (Å²) in [5.74, 6) is 1.49. The van der Waals surface area contributed by atoms with E-state index in [1.165, 1.54) is 11.1 Å². The molecule has 5 heteroatoms. The topological polar surface area (TPSA) is 47.4 Å². The maximum absolute atomic E-state index is 13.3. The number of amides is 1. The number of hydrogen-bond donors (Lipinski definition) is 0. The van der Waals surface area contributed by atoms with Crippen molar-refractivity contribution >= 4 is 16.9 Å². The van der Waals surface area contributed by atoms with Crippen LogP contribution >= 0.6 is 0 Å². The van der Waals surface area contributed by atoms with E-state index in [0.29, 0.717) is 19.1 Å². The first-order valence-corrected chi connectivity index (χ1v) is 10.7. The van der Waals surface area contributed by atoms with Crippen LogP contribution in [0.25, 0.3) is 11.0 Å². The molecule has 5 rings (SSSR count). The van der Waals surface area contributed by atoms with Crippen molar-refractivity contribution in [3.05, 3.63) is 66.0 Å². The average Bonchev–Trinajstić information content (AvgIpc) is 3.06. The summed E-state index contributed by atoms with van der Waals surface area (Å²) in [7, 11) is 0. The van der Waals surface area contributed by atoms with Gasteiger partial charge < -0.3 is 14.2 Å². The highest BCUT2D eigenvalue weighted by Gasteiger charge is 2.32. The SMILES string of the molecule is O=C(C1CCOCC1)N1CCc2nc3ccccc3n2C(Cc2ccccc2)C1. The monoisotopic (exact) mass is 389 g/mol. The molecule has 1 aromatic heterocycles. The third-order valence-corrected chi connectivity index (χ3v) is 6.27. The molecule has 0 aliphatic carbocycles. The predicted octanol–water partition coefficient (Wildman–Crippen LogP) is 3.63. The predicted molar refractivity (Wildman–Crippen MR) is 113 cm³/mol. The zero-order valence-electron chi connectivity index (χ0n) is 16.7. The van der Waals surface area contributed by atoms with Crippen LogP contribution in [-0.4, -0.2) is 46.7 Å². The van der Waals surface area contributed by atoms with E-state index in [1.54, 1.807) is 0 Å². The number of nitrogens with zero attached hydrogens (tertiary/aromatic N) is 3. The zero-order chi connectivity index (χ0) is 19.6. The summed E-state index contributed by atoms with van der Waals surface area (Å²) >= 11 is 0. The number of aromatic nitrogens is 2. The lowest BCUT2D eigenvalue weighted by atomic mass is 9.98. The van der Waals surface area contributed by atoms with Gasteiger partial charge in [0.25, 0.3) is 0 Å². The van der Waals surface area contributed by atoms with Crippen LogP contribution in [0.15, 0.2) is 54.6 Å². The third-order valence-electron chi connectivity index (χ3n) is 6.27. The highest BCUT2D eigenvalue weighted by atomic mass is 16.5. The molecule has 1 amide bonds. The fourth-order valence-corrected chi connectivity index (χ4v) is 4.79. The number of benzene rings is 2. The number of carbonyl (C=O) groups is 1. The van der Waals surface area contributed by atoms with Gasteiger partial charge in [-0.2, -0.15) is 0 Å². The van der Waals surface area contributed by atoms with Crippen molar-refractivity contribution in [3.63, 3.8) is 0 Å². The van der Waals surface area contributed by atoms with Crippen LogP contribution in [0.5, 0.6) is 0 Å². The van der Waals surface area contributed by atoms with Gasteiger partial charge in [0.1, 0.15) is 5.82 Å². The van der Waals surface area contributed by atoms with Crippen molar-refractivity contribution in [1.29, 1.82) is 0 Å². The van der Waals surface area contributed by atoms with Gasteiger partial charge in [-0.05, 0) is 37.0 Å². The van der Waals surface area contributed by atoms with Crippen molar-refractivity contribution in [1.82, 2.24) is 14.5 Å². The molecule has 0 bridgehead atoms. The molecule has 0 saturated carbocycles. The number of hydrogen-bond acceptors (Lipinski definition) is 3. The molecule has 0 N–H and O–H groups in total. The van der Waals surface area contributed by atoms with Crippen LogP contribution in [0.2, 0.25) is 0 Å². The molecule has 1 atom stereocenters. The van der Waals surface area contributed by atoms with Crippen LogP contribution in [0.1, 0.15) is 30.3 Å². The normalized spacial score (nSPS) is 20.4. The smallest absolute Gasteiger partial charge is 0.225 e. The Hall–Kier alpha value is -2.66. The molecule has 1 unspecified atom stereocenters. The molecule has 3 aromatic rings. The Balaban J connectivity index is 1.49. The van der Waals surface area contributed by atoms with Gasteiger partial charge >= 0.3 is 0 Å². The fourth-order valence-electron chi connectivity index (χ4n) is 4.79. The van der Waals surface area contributed by atoms with E-state index in [9.17, 15) is 4.79 Å². The van der Waals surface area contributed by atoms with E-state index >= 15 is 0 Å². The minimum Gasteiger partial charge on any atom is -0.381 e. The summed E-state index contributed by atoms with van der Waals surface area (Å²) in [5.41, 5.74) is 3.51. The van der Waals surface area contributed by atoms with E-state index in [2.05, 4.69) is 58.0 Å². The lowest BCUT2D eigenvalue weighted by Crippen LogP contribution is -2.41. The molecule has 150 valence electrons. The molecular weight excluding hydrogens is 362 g/mol. The maximum atomic E-state index is 13.3. The van der Waals surface area contributed by atoms with Gasteiger partial charge in [-0.1, -0.05) is 42.5 Å². The average molecular weight is 389 g/mol. The highest BCUT2D eigenvalue weighted by molar-refractivity contribution is 5.79. The van der Waals surface area contributed by atoms with Gasteiger partial charge in [0.15, 0.2) is 0 Å². The first kappa shape index (κ1) is 18.4. The summed E-state index contributed by atoms with van der Waals surface area (Å²) in [6.45, 7) is 2.87. The number of para-hydroxylation sites is 2. The Kier molecular flexibility index (Phi) is 5.06. The van der Waals surface area contributed by atoms with Gasteiger partial charge in [-0.15, -0.1) is 0 Å². The van der Waals surface area contributed by atoms with Gasteiger partial charge in [0, 0.05) is 38.6 Å². The van der Waals surface area contributed by atoms with Gasteiger partial charge in [0.05, 0.1) is 17.1 Å². The minimum absolute atomic E-state index is 0.100. The summed E-state index contributed by atoms with van der Waals surface area (Å²) in [5, 5.41) is 0. The Morgan fingerprint density at radius 1 is 1.03 bits per heavy atom. The van der Waals surface area contributed by atoms with Crippen LogP contribution in [-0.2, 0) is 22.4 Å². The number of ether oxygens (including phenoxy) is 1. The van der Waals surface area contributed by atoms with E-state index in [4.69, 9.17) is 9.72 Å². The van der Waals surface area contributed by atoms with Gasteiger partial charge in [-0.25, -0.2) is 4.98 Å². The Labute approximate surface area is 171 Å². The molecule has 2 aliphatic heterocycles. The van der Waals surface area contributed by atoms with E-state index in [1.807, 2.05) is 6.07 Å². The molecule has 0 radical (unpaired) electrons. The highest BCUT2D eigenvalue weighted by Crippen LogP contribution is 2.29. The maximum Gasteiger partial charge on any atom is 0.225 e. The molecule has 1 fully saturated rings. The Bertz CT molecular complexity index is 992. The lowest BCUT2D eigenvalue weighted by molar-refractivity contribution is -0.138. The summed E-state index contributed by atoms with van der Waals surface area (Å²) in [4.78, 5) is 20.3. The molecule has 1 saturated heterocycles. The standard InChI is InChI=1S/C24H27N3O2/c28-24(19-11-14-29-15-12-19)26-13-10-23-25-21-8-4-5-9-22(21)27(23)20(17-26)16-18-6-2-1-3-7-18/h1-9,19-20H,10-17H2. The van der Waals surface area contributed by atoms with Crippen molar-refractivity contribution in [2.45, 2.75) is 31.7 Å². The number of rotatable bonds is 3. The Morgan fingerprint density at radius 3 is 2.62 bits per heavy atom. The van der Waals surface area contributed by atoms with Crippen LogP contribution in [0.3, 0.4) is 0 Å². The van der Waals surface area contributed by atoms with Crippen molar-refractivity contribution in [2.24, 2.45) is 5.92 Å². The molecular formula is C24H27N3O2. The first-order valence-electron chi connectivity index (χ1n) is 10.7. The summed E-state index contributed by atoms with van der Waals surface area (Å²) in [6.07, 6.45) is 3.37. The second-order valence-corrected chi connectivity index (χ2v) is 8.15. The molecule has 2 aliphatic rings. The first-order chi connectivity index (χ1) is 14.3. The molecule has 3 heterocycles. The van der Waals surface area contributed by atoms with E-state index < -0.39 is 0 Å². The lowest BCUT2D eigenvalue weighted by Gasteiger charge is -2.31. The summed E-state index contributed by atoms with van der Waals surface area (Å²) in [6, 6.07) is 19.1. The number of carbonyl (C=O) groups excluding carboxylic acids is 1. The Morgan fingerprint density at radius 2 is 1.79 bits per heavy atom. The van der Waals surface area contributed by atoms with Crippen molar-refractivity contribution in [3.8, 4) is 0 Å². The summed E-state index contributed by atoms with van der Waals surface area (Å²) < 4.78 is 7.85. The van der Waals surface area contributed by atoms with E-state index in [0.717, 1.165) is 50.1 Å². The number of fused-ring (bicyclic) bond motifs is 3. The second kappa shape index (κ2) is 7.99. The zero-order valence-corrected chi connectivity index (χ0v) is 16.7. The van der Waals surface area contributed by atoms with Gasteiger partial charge in [0.2, 0.25) is 5.91 Å². The molecule has 5 nitrogen and oxygen atoms in total. The van der Waals surface area contributed by atoms with Crippen LogP contribution < -0.4 is 0 Å². The quantitative estimate of drug-likeness (QED) is 0.687. The third kappa shape index (κ3) is 3.67. The second-order valence-electron chi connectivity index (χ2n) is 8.15. The van der Waals surface area contributed by atoms with Crippen LogP contribution in [0, 0.1) is 5.92 Å². The number of imidazole rings is 1. The molecule has 29 heavy (non-hydrogen) atoms. The largest absolute Gasteiger partial charge is 0.381 e. The molecule has 0 spiro atoms. The fraction of sp³-hybridized carbons (Fsp3) is 0.417. The van der Waals surface area contributed by atoms with Gasteiger partial charge in [-0.3, -0.25) is 4.79 Å². The van der Waals surface area contributed by atoms with E-state index in [-0.39, 0.29) is 12.0 Å². The minimum atomic E-state index is 0.100.